The van der Waals surface area contributed by atoms with Gasteiger partial charge in [-0.25, -0.2) is 0 Å². The van der Waals surface area contributed by atoms with Gasteiger partial charge in [0.1, 0.15) is 0 Å². The highest BCUT2D eigenvalue weighted by atomic mass is 16.5. The van der Waals surface area contributed by atoms with Crippen molar-refractivity contribution in [1.82, 2.24) is 15.0 Å². The third-order valence-corrected chi connectivity index (χ3v) is 6.44. The summed E-state index contributed by atoms with van der Waals surface area (Å²) in [5.74, 6) is 1.78. The molecule has 0 amide bonds. The van der Waals surface area contributed by atoms with Gasteiger partial charge in [0.15, 0.2) is 0 Å². The molecule has 1 N–H and O–H groups in total. The minimum absolute atomic E-state index is 0.197. The summed E-state index contributed by atoms with van der Waals surface area (Å²) in [5, 5.41) is 14.8. The molecule has 0 spiro atoms. The van der Waals surface area contributed by atoms with Crippen molar-refractivity contribution >= 4 is 6.01 Å². The van der Waals surface area contributed by atoms with E-state index in [0.29, 0.717) is 29.7 Å². The van der Waals surface area contributed by atoms with Crippen LogP contribution in [0.4, 0.5) is 6.01 Å². The zero-order chi connectivity index (χ0) is 17.5. The van der Waals surface area contributed by atoms with Gasteiger partial charge in [-0.1, -0.05) is 35.5 Å². The van der Waals surface area contributed by atoms with Crippen molar-refractivity contribution in [2.75, 3.05) is 31.1 Å². The molecule has 3 aliphatic rings. The van der Waals surface area contributed by atoms with Crippen molar-refractivity contribution in [1.29, 1.82) is 0 Å². The number of nitrogens with zero attached hydrogens (tertiary/aromatic N) is 4. The molecule has 2 aromatic rings. The maximum atomic E-state index is 10.7. The topological polar surface area (TPSA) is 65.6 Å². The summed E-state index contributed by atoms with van der Waals surface area (Å²) in [7, 11) is 0. The molecule has 0 bridgehead atoms. The highest BCUT2D eigenvalue weighted by Gasteiger charge is 2.44. The van der Waals surface area contributed by atoms with Gasteiger partial charge in [-0.15, -0.1) is 0 Å². The molecule has 1 aromatic carbocycles. The van der Waals surface area contributed by atoms with Crippen molar-refractivity contribution in [2.45, 2.75) is 37.8 Å². The Balaban J connectivity index is 1.29. The molecule has 1 saturated carbocycles. The van der Waals surface area contributed by atoms with E-state index in [4.69, 9.17) is 4.52 Å². The number of anilines is 1. The average molecular weight is 354 g/mol. The van der Waals surface area contributed by atoms with Crippen molar-refractivity contribution in [3.63, 3.8) is 0 Å². The maximum absolute atomic E-state index is 10.7. The van der Waals surface area contributed by atoms with Crippen LogP contribution >= 0.6 is 0 Å². The van der Waals surface area contributed by atoms with Crippen LogP contribution in [0.2, 0.25) is 0 Å². The summed E-state index contributed by atoms with van der Waals surface area (Å²) in [6, 6.07) is 10.9. The summed E-state index contributed by atoms with van der Waals surface area (Å²) in [6.45, 7) is 4.16. The Morgan fingerprint density at radius 1 is 1.00 bits per heavy atom. The van der Waals surface area contributed by atoms with E-state index in [0.717, 1.165) is 44.6 Å². The number of aliphatic hydroxyl groups is 1. The Hall–Kier alpha value is -1.92. The van der Waals surface area contributed by atoms with Crippen LogP contribution in [0.1, 0.15) is 25.7 Å². The Morgan fingerprint density at radius 2 is 1.73 bits per heavy atom. The van der Waals surface area contributed by atoms with Crippen molar-refractivity contribution in [3.05, 3.63) is 30.3 Å². The zero-order valence-corrected chi connectivity index (χ0v) is 15.0. The van der Waals surface area contributed by atoms with Gasteiger partial charge in [-0.05, 0) is 50.6 Å². The van der Waals surface area contributed by atoms with Crippen molar-refractivity contribution in [2.24, 2.45) is 11.8 Å². The number of rotatable bonds is 3. The number of hydrogen-bond donors (Lipinski definition) is 1. The molecule has 1 aromatic heterocycles. The van der Waals surface area contributed by atoms with Gasteiger partial charge in [0, 0.05) is 24.7 Å². The summed E-state index contributed by atoms with van der Waals surface area (Å²) < 4.78 is 5.55. The Labute approximate surface area is 153 Å². The third kappa shape index (κ3) is 2.91. The van der Waals surface area contributed by atoms with Gasteiger partial charge < -0.3 is 14.5 Å². The molecule has 6 heteroatoms. The SMILES string of the molecule is O[C@@H]1C[C@H]2CN(c3nc(-c4ccccc4)no3)C[C@H]2C[C@H]1N1CCCC1. The lowest BCUT2D eigenvalue weighted by molar-refractivity contribution is -0.000854. The average Bonchev–Trinajstić information content (AvgIpc) is 3.41. The number of benzene rings is 1. The van der Waals surface area contributed by atoms with Crippen molar-refractivity contribution in [3.8, 4) is 11.4 Å². The molecule has 4 atom stereocenters. The fourth-order valence-corrected chi connectivity index (χ4v) is 5.08. The van der Waals surface area contributed by atoms with E-state index in [2.05, 4.69) is 19.9 Å². The van der Waals surface area contributed by atoms with Gasteiger partial charge in [0.2, 0.25) is 5.82 Å². The fourth-order valence-electron chi connectivity index (χ4n) is 5.08. The predicted octanol–water partition coefficient (Wildman–Crippen LogP) is 2.41. The highest BCUT2D eigenvalue weighted by Crippen LogP contribution is 2.40. The normalized spacial score (nSPS) is 32.1. The number of hydrogen-bond acceptors (Lipinski definition) is 6. The molecule has 2 saturated heterocycles. The molecular weight excluding hydrogens is 328 g/mol. The zero-order valence-electron chi connectivity index (χ0n) is 15.0. The Bertz CT molecular complexity index is 743. The fraction of sp³-hybridized carbons (Fsp3) is 0.600. The van der Waals surface area contributed by atoms with Gasteiger partial charge in [-0.3, -0.25) is 4.90 Å². The van der Waals surface area contributed by atoms with Gasteiger partial charge >= 0.3 is 6.01 Å². The number of aliphatic hydroxyl groups excluding tert-OH is 1. The second-order valence-electron chi connectivity index (χ2n) is 8.04. The first-order valence-corrected chi connectivity index (χ1v) is 9.84. The van der Waals surface area contributed by atoms with E-state index >= 15 is 0 Å². The van der Waals surface area contributed by atoms with Crippen LogP contribution in [-0.2, 0) is 0 Å². The summed E-state index contributed by atoms with van der Waals surface area (Å²) >= 11 is 0. The standard InChI is InChI=1S/C20H26N4O2/c25-18-11-16-13-24(12-15(16)10-17(18)23-8-4-5-9-23)20-21-19(22-26-20)14-6-2-1-3-7-14/h1-3,6-7,15-18,25H,4-5,8-13H2/t15-,16+,17-,18-/m1/s1. The van der Waals surface area contributed by atoms with Crippen LogP contribution in [0.5, 0.6) is 0 Å². The van der Waals surface area contributed by atoms with Crippen LogP contribution in [0.25, 0.3) is 11.4 Å². The molecule has 3 fully saturated rings. The van der Waals surface area contributed by atoms with Crippen LogP contribution in [0.15, 0.2) is 34.9 Å². The molecule has 3 heterocycles. The molecule has 6 nitrogen and oxygen atoms in total. The Kier molecular flexibility index (Phi) is 4.17. The van der Waals surface area contributed by atoms with Crippen LogP contribution in [0.3, 0.4) is 0 Å². The molecule has 1 aliphatic carbocycles. The first-order valence-electron chi connectivity index (χ1n) is 9.84. The maximum Gasteiger partial charge on any atom is 0.324 e. The van der Waals surface area contributed by atoms with E-state index < -0.39 is 0 Å². The first kappa shape index (κ1) is 16.3. The molecule has 5 rings (SSSR count). The Morgan fingerprint density at radius 3 is 2.50 bits per heavy atom. The molecular formula is C20H26N4O2. The van der Waals surface area contributed by atoms with E-state index in [1.54, 1.807) is 0 Å². The quantitative estimate of drug-likeness (QED) is 0.913. The first-order chi connectivity index (χ1) is 12.8. The van der Waals surface area contributed by atoms with Gasteiger partial charge in [-0.2, -0.15) is 4.98 Å². The molecule has 26 heavy (non-hydrogen) atoms. The van der Waals surface area contributed by atoms with Crippen LogP contribution in [0, 0.1) is 11.8 Å². The largest absolute Gasteiger partial charge is 0.391 e. The lowest BCUT2D eigenvalue weighted by Gasteiger charge is -2.40. The number of aromatic nitrogens is 2. The van der Waals surface area contributed by atoms with E-state index in [1.807, 2.05) is 30.3 Å². The smallest absolute Gasteiger partial charge is 0.324 e. The summed E-state index contributed by atoms with van der Waals surface area (Å²) in [5.41, 5.74) is 0.976. The summed E-state index contributed by atoms with van der Waals surface area (Å²) in [4.78, 5) is 9.33. The second-order valence-corrected chi connectivity index (χ2v) is 8.04. The van der Waals surface area contributed by atoms with E-state index in [-0.39, 0.29) is 6.10 Å². The minimum Gasteiger partial charge on any atom is -0.391 e. The third-order valence-electron chi connectivity index (χ3n) is 6.44. The second kappa shape index (κ2) is 6.67. The molecule has 0 unspecified atom stereocenters. The van der Waals surface area contributed by atoms with Crippen LogP contribution in [-0.4, -0.2) is 58.5 Å². The number of likely N-dealkylation sites (tertiary alicyclic amines) is 1. The van der Waals surface area contributed by atoms with Gasteiger partial charge in [0.25, 0.3) is 0 Å². The molecule has 0 radical (unpaired) electrons. The van der Waals surface area contributed by atoms with Crippen LogP contribution < -0.4 is 4.90 Å². The van der Waals surface area contributed by atoms with E-state index in [9.17, 15) is 5.11 Å². The molecule has 138 valence electrons. The monoisotopic (exact) mass is 354 g/mol. The number of fused-ring (bicyclic) bond motifs is 1. The minimum atomic E-state index is -0.197. The van der Waals surface area contributed by atoms with Crippen molar-refractivity contribution < 1.29 is 9.63 Å². The predicted molar refractivity (Wildman–Crippen MR) is 98.8 cm³/mol. The highest BCUT2D eigenvalue weighted by molar-refractivity contribution is 5.55. The van der Waals surface area contributed by atoms with Gasteiger partial charge in [0.05, 0.1) is 6.10 Å². The van der Waals surface area contributed by atoms with E-state index in [1.165, 1.54) is 12.8 Å². The lowest BCUT2D eigenvalue weighted by atomic mass is 9.77. The summed E-state index contributed by atoms with van der Waals surface area (Å²) in [6.07, 6.45) is 4.32. The lowest BCUT2D eigenvalue weighted by Crippen LogP contribution is -2.48. The molecule has 2 aliphatic heterocycles.